The second-order valence-corrected chi connectivity index (χ2v) is 8.56. The van der Waals surface area contributed by atoms with Gasteiger partial charge >= 0.3 is 0 Å². The summed E-state index contributed by atoms with van der Waals surface area (Å²) in [4.78, 5) is 34.4. The molecule has 0 unspecified atom stereocenters. The van der Waals surface area contributed by atoms with Crippen LogP contribution in [0.5, 0.6) is 0 Å². The average molecular weight is 419 g/mol. The number of para-hydroxylation sites is 1. The van der Waals surface area contributed by atoms with Gasteiger partial charge in [-0.05, 0) is 48.6 Å². The predicted octanol–water partition coefficient (Wildman–Crippen LogP) is 3.40. The Morgan fingerprint density at radius 1 is 1.16 bits per heavy atom. The highest BCUT2D eigenvalue weighted by Gasteiger charge is 2.17. The van der Waals surface area contributed by atoms with Crippen molar-refractivity contribution in [3.63, 3.8) is 0 Å². The Bertz CT molecular complexity index is 1110. The fraction of sp³-hybridized carbons (Fsp3) is 0.400. The lowest BCUT2D eigenvalue weighted by Gasteiger charge is -2.31. The Labute approximate surface area is 182 Å². The van der Waals surface area contributed by atoms with Crippen LogP contribution in [0.25, 0.3) is 10.9 Å². The molecule has 0 bridgehead atoms. The normalized spacial score (nSPS) is 17.0. The quantitative estimate of drug-likeness (QED) is 0.616. The molecule has 4 rings (SSSR count). The largest absolute Gasteiger partial charge is 0.352 e. The molecule has 2 aromatic carbocycles. The molecular weight excluding hydrogens is 388 g/mol. The minimum atomic E-state index is -0.165. The van der Waals surface area contributed by atoms with E-state index in [0.29, 0.717) is 29.7 Å². The summed E-state index contributed by atoms with van der Waals surface area (Å²) in [5.74, 6) is 1.24. The number of rotatable bonds is 7. The highest BCUT2D eigenvalue weighted by atomic mass is 16.1. The van der Waals surface area contributed by atoms with Crippen LogP contribution in [-0.4, -0.2) is 33.9 Å². The molecule has 2 N–H and O–H groups in total. The summed E-state index contributed by atoms with van der Waals surface area (Å²) in [5.41, 5.74) is 2.92. The molecule has 0 aliphatic carbocycles. The van der Waals surface area contributed by atoms with Crippen molar-refractivity contribution in [3.05, 3.63) is 75.8 Å². The third kappa shape index (κ3) is 5.58. The average Bonchev–Trinajstić information content (AvgIpc) is 2.77. The number of aryl methyl sites for hydroxylation is 1. The molecule has 3 aromatic rings. The molecule has 6 heteroatoms. The van der Waals surface area contributed by atoms with Crippen LogP contribution >= 0.6 is 0 Å². The van der Waals surface area contributed by atoms with Crippen LogP contribution in [0.1, 0.15) is 43.1 Å². The zero-order valence-electron chi connectivity index (χ0n) is 18.1. The van der Waals surface area contributed by atoms with Gasteiger partial charge in [0, 0.05) is 32.5 Å². The van der Waals surface area contributed by atoms with Gasteiger partial charge in [0.25, 0.3) is 5.56 Å². The number of carbonyl (C=O) groups is 1. The number of nitrogens with one attached hydrogen (secondary N) is 2. The molecule has 1 atom stereocenters. The van der Waals surface area contributed by atoms with Crippen molar-refractivity contribution < 1.29 is 4.79 Å². The number of piperidine rings is 1. The Kier molecular flexibility index (Phi) is 6.77. The fourth-order valence-corrected chi connectivity index (χ4v) is 4.32. The van der Waals surface area contributed by atoms with Crippen LogP contribution in [0.4, 0.5) is 0 Å². The van der Waals surface area contributed by atoms with E-state index in [1.165, 1.54) is 18.4 Å². The number of likely N-dealkylation sites (tertiary alicyclic amines) is 1. The molecule has 31 heavy (non-hydrogen) atoms. The lowest BCUT2D eigenvalue weighted by molar-refractivity contribution is -0.121. The Hall–Kier alpha value is -2.99. The molecule has 162 valence electrons. The zero-order chi connectivity index (χ0) is 21.6. The summed E-state index contributed by atoms with van der Waals surface area (Å²) in [6.07, 6.45) is 3.25. The number of carbonyl (C=O) groups excluding carboxylic acids is 1. The maximum absolute atomic E-state index is 12.4. The molecule has 2 heterocycles. The number of benzene rings is 2. The van der Waals surface area contributed by atoms with Crippen molar-refractivity contribution in [1.82, 2.24) is 20.2 Å². The maximum Gasteiger partial charge on any atom is 0.258 e. The van der Waals surface area contributed by atoms with Gasteiger partial charge in [-0.2, -0.15) is 0 Å². The standard InChI is InChI=1S/C25H30N4O2/c1-18-7-6-14-29(16-18)17-20-9-3-2-8-19(20)15-26-24(30)13-12-23-27-22-11-5-4-10-21(22)25(31)28-23/h2-5,8-11,18H,6-7,12-17H2,1H3,(H,26,30)(H,27,28,31)/t18-/m0/s1. The van der Waals surface area contributed by atoms with Crippen molar-refractivity contribution >= 4 is 16.8 Å². The van der Waals surface area contributed by atoms with E-state index < -0.39 is 0 Å². The Balaban J connectivity index is 1.32. The van der Waals surface area contributed by atoms with E-state index in [2.05, 4.69) is 45.3 Å². The summed E-state index contributed by atoms with van der Waals surface area (Å²) in [6.45, 7) is 6.04. The second kappa shape index (κ2) is 9.88. The summed E-state index contributed by atoms with van der Waals surface area (Å²) >= 11 is 0. The fourth-order valence-electron chi connectivity index (χ4n) is 4.32. The number of hydrogen-bond donors (Lipinski definition) is 2. The SMILES string of the molecule is C[C@H]1CCCN(Cc2ccccc2CNC(=O)CCc2nc3ccccc3c(=O)[nH]2)C1. The van der Waals surface area contributed by atoms with Crippen molar-refractivity contribution in [2.24, 2.45) is 5.92 Å². The van der Waals surface area contributed by atoms with Gasteiger partial charge in [-0.1, -0.05) is 43.3 Å². The van der Waals surface area contributed by atoms with E-state index in [1.807, 2.05) is 24.3 Å². The summed E-state index contributed by atoms with van der Waals surface area (Å²) in [7, 11) is 0. The summed E-state index contributed by atoms with van der Waals surface area (Å²) in [6, 6.07) is 15.6. The number of aromatic amines is 1. The second-order valence-electron chi connectivity index (χ2n) is 8.56. The molecule has 1 aliphatic heterocycles. The van der Waals surface area contributed by atoms with E-state index in [0.717, 1.165) is 31.1 Å². The van der Waals surface area contributed by atoms with Crippen molar-refractivity contribution in [3.8, 4) is 0 Å². The number of amides is 1. The molecule has 0 spiro atoms. The van der Waals surface area contributed by atoms with Gasteiger partial charge in [-0.15, -0.1) is 0 Å². The van der Waals surface area contributed by atoms with Crippen LogP contribution in [0.15, 0.2) is 53.3 Å². The third-order valence-electron chi connectivity index (χ3n) is 5.98. The van der Waals surface area contributed by atoms with E-state index >= 15 is 0 Å². The summed E-state index contributed by atoms with van der Waals surface area (Å²) in [5, 5.41) is 3.60. The third-order valence-corrected chi connectivity index (χ3v) is 5.98. The smallest absolute Gasteiger partial charge is 0.258 e. The first kappa shape index (κ1) is 21.2. The van der Waals surface area contributed by atoms with Gasteiger partial charge in [0.05, 0.1) is 10.9 Å². The van der Waals surface area contributed by atoms with Crippen LogP contribution in [-0.2, 0) is 24.3 Å². The maximum atomic E-state index is 12.4. The predicted molar refractivity (Wildman–Crippen MR) is 123 cm³/mol. The van der Waals surface area contributed by atoms with E-state index in [9.17, 15) is 9.59 Å². The number of nitrogens with zero attached hydrogens (tertiary/aromatic N) is 2. The highest BCUT2D eigenvalue weighted by molar-refractivity contribution is 5.78. The lowest BCUT2D eigenvalue weighted by atomic mass is 9.99. The van der Waals surface area contributed by atoms with Gasteiger partial charge in [0.1, 0.15) is 5.82 Å². The lowest BCUT2D eigenvalue weighted by Crippen LogP contribution is -2.34. The molecule has 0 saturated carbocycles. The van der Waals surface area contributed by atoms with Crippen LogP contribution < -0.4 is 10.9 Å². The Morgan fingerprint density at radius 2 is 1.94 bits per heavy atom. The Morgan fingerprint density at radius 3 is 2.77 bits per heavy atom. The van der Waals surface area contributed by atoms with Crippen molar-refractivity contribution in [2.45, 2.75) is 45.7 Å². The molecule has 1 aliphatic rings. The molecular formula is C25H30N4O2. The topological polar surface area (TPSA) is 78.1 Å². The van der Waals surface area contributed by atoms with Crippen LogP contribution in [0.3, 0.4) is 0 Å². The minimum Gasteiger partial charge on any atom is -0.352 e. The molecule has 1 aromatic heterocycles. The number of fused-ring (bicyclic) bond motifs is 1. The first-order chi connectivity index (χ1) is 15.1. The summed E-state index contributed by atoms with van der Waals surface area (Å²) < 4.78 is 0. The molecule has 1 amide bonds. The molecule has 1 fully saturated rings. The highest BCUT2D eigenvalue weighted by Crippen LogP contribution is 2.19. The van der Waals surface area contributed by atoms with Crippen molar-refractivity contribution in [2.75, 3.05) is 13.1 Å². The molecule has 1 saturated heterocycles. The molecule has 0 radical (unpaired) electrons. The number of hydrogen-bond acceptors (Lipinski definition) is 4. The van der Waals surface area contributed by atoms with Crippen molar-refractivity contribution in [1.29, 1.82) is 0 Å². The molecule has 6 nitrogen and oxygen atoms in total. The van der Waals surface area contributed by atoms with E-state index in [-0.39, 0.29) is 17.9 Å². The number of H-pyrrole nitrogens is 1. The minimum absolute atomic E-state index is 0.0443. The zero-order valence-corrected chi connectivity index (χ0v) is 18.1. The van der Waals surface area contributed by atoms with Gasteiger partial charge in [-0.25, -0.2) is 4.98 Å². The van der Waals surface area contributed by atoms with Crippen LogP contribution in [0.2, 0.25) is 0 Å². The van der Waals surface area contributed by atoms with Gasteiger partial charge in [-0.3, -0.25) is 14.5 Å². The van der Waals surface area contributed by atoms with Crippen LogP contribution in [0, 0.1) is 5.92 Å². The van der Waals surface area contributed by atoms with Gasteiger partial charge in [0.2, 0.25) is 5.91 Å². The first-order valence-corrected chi connectivity index (χ1v) is 11.1. The first-order valence-electron chi connectivity index (χ1n) is 11.1. The van der Waals surface area contributed by atoms with Gasteiger partial charge < -0.3 is 10.3 Å². The number of aromatic nitrogens is 2. The monoisotopic (exact) mass is 418 g/mol. The van der Waals surface area contributed by atoms with E-state index in [1.54, 1.807) is 6.07 Å². The van der Waals surface area contributed by atoms with E-state index in [4.69, 9.17) is 0 Å². The van der Waals surface area contributed by atoms with Gasteiger partial charge in [0.15, 0.2) is 0 Å².